The normalized spacial score (nSPS) is 19.7. The fourth-order valence-corrected chi connectivity index (χ4v) is 5.66. The molecular weight excluding hydrogens is 442 g/mol. The Bertz CT molecular complexity index is 1220. The number of amides is 1. The van der Waals surface area contributed by atoms with Gasteiger partial charge in [0.2, 0.25) is 5.91 Å². The molecule has 0 fully saturated rings. The molecule has 1 amide bonds. The maximum atomic E-state index is 14.0. The van der Waals surface area contributed by atoms with Gasteiger partial charge in [-0.25, -0.2) is 9.97 Å². The van der Waals surface area contributed by atoms with Crippen molar-refractivity contribution in [3.8, 4) is 0 Å². The lowest BCUT2D eigenvalue weighted by Gasteiger charge is -2.31. The van der Waals surface area contributed by atoms with E-state index >= 15 is 0 Å². The molecule has 5 rings (SSSR count). The highest BCUT2D eigenvalue weighted by molar-refractivity contribution is 6.76. The number of oxazole rings is 1. The van der Waals surface area contributed by atoms with Crippen LogP contribution < -0.4 is 4.90 Å². The number of rotatable bonds is 7. The number of nitrogens with zero attached hydrogens (tertiary/aromatic N) is 3. The van der Waals surface area contributed by atoms with Gasteiger partial charge in [-0.3, -0.25) is 9.69 Å². The number of anilines is 1. The van der Waals surface area contributed by atoms with Crippen molar-refractivity contribution in [3.05, 3.63) is 77.1 Å². The predicted octanol–water partition coefficient (Wildman–Crippen LogP) is 5.33. The maximum absolute atomic E-state index is 14.0. The third kappa shape index (κ3) is 4.26. The molecule has 1 unspecified atom stereocenters. The van der Waals surface area contributed by atoms with Crippen LogP contribution in [-0.4, -0.2) is 37.3 Å². The Morgan fingerprint density at radius 2 is 1.97 bits per heavy atom. The van der Waals surface area contributed by atoms with Crippen molar-refractivity contribution in [1.82, 2.24) is 9.97 Å². The summed E-state index contributed by atoms with van der Waals surface area (Å²) in [5.41, 5.74) is 3.27. The number of carbonyl (C=O) groups excluding carboxylic acids is 1. The van der Waals surface area contributed by atoms with Gasteiger partial charge < -0.3 is 9.15 Å². The van der Waals surface area contributed by atoms with Crippen LogP contribution >= 0.6 is 0 Å². The van der Waals surface area contributed by atoms with Gasteiger partial charge in [0.05, 0.1) is 11.1 Å². The summed E-state index contributed by atoms with van der Waals surface area (Å²) < 4.78 is 11.6. The first-order valence-electron chi connectivity index (χ1n) is 11.9. The zero-order valence-electron chi connectivity index (χ0n) is 20.1. The van der Waals surface area contributed by atoms with Crippen LogP contribution in [-0.2, 0) is 27.8 Å². The van der Waals surface area contributed by atoms with Gasteiger partial charge in [-0.05, 0) is 29.7 Å². The molecule has 1 atom stereocenters. The molecule has 0 radical (unpaired) electrons. The highest BCUT2D eigenvalue weighted by Gasteiger charge is 2.54. The van der Waals surface area contributed by atoms with Gasteiger partial charge in [0.1, 0.15) is 18.3 Å². The predicted molar refractivity (Wildman–Crippen MR) is 136 cm³/mol. The standard InChI is InChI=1S/C27H31N3O3Si/c1-34(2,3)16-15-32-19-30-25-24(21(12-14-28-25)10-9-20-7-5-4-6-8-20)27(26(30)31)13-11-23-22(17-27)29-18-33-23/h4-10,12,14,18H,11,13,15-17,19H2,1-3H3/b10-9+. The number of carbonyl (C=O) groups is 1. The Hall–Kier alpha value is -3.03. The number of ether oxygens (including phenoxy) is 1. The lowest BCUT2D eigenvalue weighted by atomic mass is 9.69. The van der Waals surface area contributed by atoms with Crippen molar-refractivity contribution < 1.29 is 13.9 Å². The van der Waals surface area contributed by atoms with Gasteiger partial charge in [-0.2, -0.15) is 0 Å². The summed E-state index contributed by atoms with van der Waals surface area (Å²) in [6.07, 6.45) is 9.33. The van der Waals surface area contributed by atoms with E-state index in [0.29, 0.717) is 31.7 Å². The smallest absolute Gasteiger partial charge is 0.241 e. The monoisotopic (exact) mass is 473 g/mol. The average molecular weight is 474 g/mol. The van der Waals surface area contributed by atoms with Crippen LogP contribution in [0.2, 0.25) is 25.7 Å². The quantitative estimate of drug-likeness (QED) is 0.343. The van der Waals surface area contributed by atoms with E-state index in [0.717, 1.165) is 34.2 Å². The molecule has 3 heterocycles. The van der Waals surface area contributed by atoms with Gasteiger partial charge in [0.25, 0.3) is 0 Å². The van der Waals surface area contributed by atoms with Crippen LogP contribution in [0.1, 0.15) is 34.6 Å². The summed E-state index contributed by atoms with van der Waals surface area (Å²) in [6, 6.07) is 13.2. The molecule has 2 aromatic heterocycles. The van der Waals surface area contributed by atoms with E-state index < -0.39 is 13.5 Å². The number of fused-ring (bicyclic) bond motifs is 3. The van der Waals surface area contributed by atoms with Crippen molar-refractivity contribution in [2.45, 2.75) is 50.4 Å². The second-order valence-electron chi connectivity index (χ2n) is 10.4. The van der Waals surface area contributed by atoms with Crippen LogP contribution in [0, 0.1) is 0 Å². The third-order valence-electron chi connectivity index (χ3n) is 6.80. The minimum absolute atomic E-state index is 0.0530. The topological polar surface area (TPSA) is 68.5 Å². The van der Waals surface area contributed by atoms with Crippen LogP contribution in [0.3, 0.4) is 0 Å². The summed E-state index contributed by atoms with van der Waals surface area (Å²) in [5.74, 6) is 1.65. The molecule has 1 aliphatic carbocycles. The van der Waals surface area contributed by atoms with Crippen LogP contribution in [0.15, 0.2) is 53.4 Å². The van der Waals surface area contributed by atoms with Crippen molar-refractivity contribution in [1.29, 1.82) is 0 Å². The molecule has 3 aromatic rings. The van der Waals surface area contributed by atoms with E-state index in [-0.39, 0.29) is 12.6 Å². The minimum atomic E-state index is -1.22. The third-order valence-corrected chi connectivity index (χ3v) is 8.50. The van der Waals surface area contributed by atoms with Gasteiger partial charge in [0.15, 0.2) is 6.39 Å². The lowest BCUT2D eigenvalue weighted by molar-refractivity contribution is -0.124. The summed E-state index contributed by atoms with van der Waals surface area (Å²) in [6.45, 7) is 7.86. The van der Waals surface area contributed by atoms with E-state index in [1.807, 2.05) is 24.3 Å². The first kappa shape index (κ1) is 22.7. The minimum Gasteiger partial charge on any atom is -0.448 e. The number of hydrogen-bond donors (Lipinski definition) is 0. The number of aryl methyl sites for hydroxylation is 1. The summed E-state index contributed by atoms with van der Waals surface area (Å²) >= 11 is 0. The molecule has 1 aromatic carbocycles. The van der Waals surface area contributed by atoms with Crippen LogP contribution in [0.4, 0.5) is 5.82 Å². The molecule has 0 saturated heterocycles. The van der Waals surface area contributed by atoms with Crippen molar-refractivity contribution in [2.24, 2.45) is 0 Å². The second kappa shape index (κ2) is 8.96. The van der Waals surface area contributed by atoms with Gasteiger partial charge >= 0.3 is 0 Å². The molecule has 2 aliphatic rings. The zero-order valence-corrected chi connectivity index (χ0v) is 21.1. The van der Waals surface area contributed by atoms with Crippen molar-refractivity contribution in [2.75, 3.05) is 18.2 Å². The molecule has 1 spiro atoms. The van der Waals surface area contributed by atoms with Gasteiger partial charge in [0, 0.05) is 39.3 Å². The zero-order chi connectivity index (χ0) is 23.8. The molecule has 0 N–H and O–H groups in total. The summed E-state index contributed by atoms with van der Waals surface area (Å²) in [7, 11) is -1.22. The van der Waals surface area contributed by atoms with Crippen LogP contribution in [0.5, 0.6) is 0 Å². The molecule has 176 valence electrons. The number of pyridine rings is 1. The largest absolute Gasteiger partial charge is 0.448 e. The molecule has 0 bridgehead atoms. The Morgan fingerprint density at radius 3 is 2.76 bits per heavy atom. The molecule has 0 saturated carbocycles. The Morgan fingerprint density at radius 1 is 1.15 bits per heavy atom. The molecule has 34 heavy (non-hydrogen) atoms. The Kier molecular flexibility index (Phi) is 6.00. The Balaban J connectivity index is 1.52. The van der Waals surface area contributed by atoms with E-state index in [4.69, 9.17) is 9.15 Å². The Labute approximate surface area is 201 Å². The molecule has 6 nitrogen and oxygen atoms in total. The van der Waals surface area contributed by atoms with E-state index in [2.05, 4.69) is 53.9 Å². The number of aromatic nitrogens is 2. The maximum Gasteiger partial charge on any atom is 0.241 e. The SMILES string of the molecule is C[Si](C)(C)CCOCN1C(=O)C2(CCc3ocnc3C2)c2c(/C=C/c3ccccc3)ccnc21. The number of benzene rings is 1. The first-order valence-corrected chi connectivity index (χ1v) is 15.6. The summed E-state index contributed by atoms with van der Waals surface area (Å²) in [4.78, 5) is 24.9. The van der Waals surface area contributed by atoms with Crippen molar-refractivity contribution in [3.63, 3.8) is 0 Å². The molecule has 7 heteroatoms. The highest BCUT2D eigenvalue weighted by atomic mass is 28.3. The van der Waals surface area contributed by atoms with E-state index in [9.17, 15) is 4.79 Å². The van der Waals surface area contributed by atoms with Crippen LogP contribution in [0.25, 0.3) is 12.2 Å². The highest BCUT2D eigenvalue weighted by Crippen LogP contribution is 2.49. The lowest BCUT2D eigenvalue weighted by Crippen LogP contribution is -2.45. The fraction of sp³-hybridized carbons (Fsp3) is 0.370. The van der Waals surface area contributed by atoms with E-state index in [1.54, 1.807) is 11.1 Å². The fourth-order valence-electron chi connectivity index (χ4n) is 4.90. The molecule has 1 aliphatic heterocycles. The molecular formula is C27H31N3O3Si. The second-order valence-corrected chi connectivity index (χ2v) is 16.0. The van der Waals surface area contributed by atoms with Gasteiger partial charge in [-0.1, -0.05) is 62.1 Å². The van der Waals surface area contributed by atoms with E-state index in [1.165, 1.54) is 6.39 Å². The number of hydrogen-bond acceptors (Lipinski definition) is 5. The summed E-state index contributed by atoms with van der Waals surface area (Å²) in [5, 5.41) is 0. The van der Waals surface area contributed by atoms with Crippen molar-refractivity contribution >= 4 is 32.0 Å². The first-order chi connectivity index (χ1) is 16.4. The van der Waals surface area contributed by atoms with Gasteiger partial charge in [-0.15, -0.1) is 0 Å². The average Bonchev–Trinajstić information content (AvgIpc) is 3.37.